The van der Waals surface area contributed by atoms with Gasteiger partial charge in [-0.05, 0) is 68.7 Å². The van der Waals surface area contributed by atoms with E-state index < -0.39 is 0 Å². The third kappa shape index (κ3) is 4.34. The zero-order valence-corrected chi connectivity index (χ0v) is 21.9. The van der Waals surface area contributed by atoms with Crippen molar-refractivity contribution < 1.29 is 9.59 Å². The Bertz CT molecular complexity index is 1350. The average molecular weight is 533 g/mol. The van der Waals surface area contributed by atoms with E-state index >= 15 is 0 Å². The molecule has 5 rings (SSSR count). The predicted molar refractivity (Wildman–Crippen MR) is 144 cm³/mol. The second-order valence-electron chi connectivity index (χ2n) is 9.59. The summed E-state index contributed by atoms with van der Waals surface area (Å²) in [5.74, 6) is -0.109. The van der Waals surface area contributed by atoms with E-state index in [0.29, 0.717) is 24.2 Å². The molecule has 2 aliphatic rings. The van der Waals surface area contributed by atoms with E-state index in [1.54, 1.807) is 0 Å². The summed E-state index contributed by atoms with van der Waals surface area (Å²) >= 11 is 3.49. The van der Waals surface area contributed by atoms with Crippen LogP contribution in [0.5, 0.6) is 0 Å². The monoisotopic (exact) mass is 532 g/mol. The number of carbonyl (C=O) groups excluding carboxylic acids is 2. The number of aromatic amines is 1. The lowest BCUT2D eigenvalue weighted by Gasteiger charge is -2.36. The van der Waals surface area contributed by atoms with Crippen LogP contribution in [-0.4, -0.2) is 46.9 Å². The lowest BCUT2D eigenvalue weighted by molar-refractivity contribution is -0.110. The Kier molecular flexibility index (Phi) is 6.15. The number of nitrogens with one attached hydrogen (secondary N) is 3. The third-order valence-corrected chi connectivity index (χ3v) is 7.33. The molecule has 1 fully saturated rings. The first-order chi connectivity index (χ1) is 16.7. The molecule has 1 aromatic heterocycles. The van der Waals surface area contributed by atoms with Crippen LogP contribution in [0.4, 0.5) is 5.69 Å². The molecule has 0 saturated carbocycles. The van der Waals surface area contributed by atoms with Crippen molar-refractivity contribution in [3.63, 3.8) is 0 Å². The van der Waals surface area contributed by atoms with E-state index in [1.807, 2.05) is 67.3 Å². The lowest BCUT2D eigenvalue weighted by atomic mass is 9.94. The molecule has 1 saturated heterocycles. The Hall–Kier alpha value is -3.16. The number of H-pyrrole nitrogens is 1. The van der Waals surface area contributed by atoms with E-state index in [1.165, 1.54) is 0 Å². The van der Waals surface area contributed by atoms with Gasteiger partial charge in [0.15, 0.2) is 0 Å². The van der Waals surface area contributed by atoms with Gasteiger partial charge in [0.05, 0.1) is 11.1 Å². The van der Waals surface area contributed by atoms with Crippen molar-refractivity contribution in [2.24, 2.45) is 0 Å². The lowest BCUT2D eigenvalue weighted by Crippen LogP contribution is -2.55. The molecule has 0 aliphatic carbocycles. The summed E-state index contributed by atoms with van der Waals surface area (Å²) in [7, 11) is 0. The zero-order valence-electron chi connectivity index (χ0n) is 20.3. The van der Waals surface area contributed by atoms with Gasteiger partial charge >= 0.3 is 0 Å². The summed E-state index contributed by atoms with van der Waals surface area (Å²) in [4.78, 5) is 31.8. The minimum atomic E-state index is -0.145. The highest BCUT2D eigenvalue weighted by Crippen LogP contribution is 2.41. The predicted octanol–water partition coefficient (Wildman–Crippen LogP) is 5.38. The standard InChI is InChI=1S/C28H29BrN4O2/c1-15-13-33(14-16(2)30-15)28(35)25-17(3)24(31-18(25)4)12-22-26-21(19-8-10-20(29)11-9-19)6-5-7-23(26)32-27(22)34/h5-12,15-16,30-31H,13-14H2,1-4H3,(H,32,34)/b22-12-/t15-,16-/m0/s1. The summed E-state index contributed by atoms with van der Waals surface area (Å²) < 4.78 is 1.00. The highest BCUT2D eigenvalue weighted by molar-refractivity contribution is 9.10. The van der Waals surface area contributed by atoms with Gasteiger partial charge in [-0.15, -0.1) is 0 Å². The molecular formula is C28H29BrN4O2. The number of rotatable bonds is 3. The highest BCUT2D eigenvalue weighted by atomic mass is 79.9. The molecule has 180 valence electrons. The third-order valence-electron chi connectivity index (χ3n) is 6.81. The Morgan fingerprint density at radius 1 is 1.06 bits per heavy atom. The van der Waals surface area contributed by atoms with Crippen LogP contribution in [0.15, 0.2) is 46.9 Å². The SMILES string of the molecule is Cc1[nH]c(/C=C2\C(=O)Nc3cccc(-c4ccc(Br)cc4)c32)c(C)c1C(=O)N1C[C@H](C)N[C@@H](C)C1. The first-order valence-electron chi connectivity index (χ1n) is 11.9. The molecule has 3 aromatic rings. The number of aryl methyl sites for hydroxylation is 1. The smallest absolute Gasteiger partial charge is 0.256 e. The van der Waals surface area contributed by atoms with Gasteiger partial charge in [-0.25, -0.2) is 0 Å². The molecule has 0 bridgehead atoms. The number of benzene rings is 2. The highest BCUT2D eigenvalue weighted by Gasteiger charge is 2.31. The molecule has 0 radical (unpaired) electrons. The fourth-order valence-electron chi connectivity index (χ4n) is 5.29. The van der Waals surface area contributed by atoms with Crippen LogP contribution in [0.3, 0.4) is 0 Å². The molecule has 2 atom stereocenters. The van der Waals surface area contributed by atoms with Crippen molar-refractivity contribution in [2.75, 3.05) is 18.4 Å². The average Bonchev–Trinajstić information content (AvgIpc) is 3.28. The molecule has 6 nitrogen and oxygen atoms in total. The van der Waals surface area contributed by atoms with E-state index in [4.69, 9.17) is 0 Å². The van der Waals surface area contributed by atoms with Gasteiger partial charge in [0.1, 0.15) is 0 Å². The van der Waals surface area contributed by atoms with Gasteiger partial charge in [-0.3, -0.25) is 9.59 Å². The van der Waals surface area contributed by atoms with Crippen LogP contribution in [0.25, 0.3) is 22.8 Å². The fourth-order valence-corrected chi connectivity index (χ4v) is 5.56. The molecule has 7 heteroatoms. The van der Waals surface area contributed by atoms with Crippen molar-refractivity contribution in [2.45, 2.75) is 39.8 Å². The van der Waals surface area contributed by atoms with Crippen LogP contribution < -0.4 is 10.6 Å². The molecule has 2 aliphatic heterocycles. The van der Waals surface area contributed by atoms with Gasteiger partial charge in [-0.2, -0.15) is 0 Å². The number of fused-ring (bicyclic) bond motifs is 1. The quantitative estimate of drug-likeness (QED) is 0.396. The summed E-state index contributed by atoms with van der Waals surface area (Å²) in [6.07, 6.45) is 1.88. The Morgan fingerprint density at radius 2 is 1.74 bits per heavy atom. The van der Waals surface area contributed by atoms with E-state index in [0.717, 1.165) is 43.8 Å². The first-order valence-corrected chi connectivity index (χ1v) is 12.7. The number of carbonyl (C=O) groups is 2. The van der Waals surface area contributed by atoms with Crippen LogP contribution in [-0.2, 0) is 4.79 Å². The van der Waals surface area contributed by atoms with Crippen molar-refractivity contribution >= 4 is 45.1 Å². The van der Waals surface area contributed by atoms with Gasteiger partial charge in [0, 0.05) is 52.3 Å². The molecule has 0 spiro atoms. The molecule has 35 heavy (non-hydrogen) atoms. The number of amides is 2. The van der Waals surface area contributed by atoms with Crippen molar-refractivity contribution in [1.29, 1.82) is 0 Å². The number of hydrogen-bond donors (Lipinski definition) is 3. The van der Waals surface area contributed by atoms with Crippen LogP contribution >= 0.6 is 15.9 Å². The molecule has 0 unspecified atom stereocenters. The maximum atomic E-state index is 13.5. The topological polar surface area (TPSA) is 77.2 Å². The maximum Gasteiger partial charge on any atom is 0.256 e. The van der Waals surface area contributed by atoms with Crippen LogP contribution in [0.2, 0.25) is 0 Å². The number of piperazine rings is 1. The van der Waals surface area contributed by atoms with Crippen LogP contribution in [0, 0.1) is 13.8 Å². The Morgan fingerprint density at radius 3 is 2.43 bits per heavy atom. The molecule has 3 heterocycles. The molecule has 2 amide bonds. The minimum absolute atomic E-state index is 0.0351. The zero-order chi connectivity index (χ0) is 24.9. The summed E-state index contributed by atoms with van der Waals surface area (Å²) in [6, 6.07) is 14.5. The van der Waals surface area contributed by atoms with Crippen molar-refractivity contribution in [3.8, 4) is 11.1 Å². The second kappa shape index (κ2) is 9.13. The molecular weight excluding hydrogens is 504 g/mol. The number of nitrogens with zero attached hydrogens (tertiary/aromatic N) is 1. The molecule has 3 N–H and O–H groups in total. The van der Waals surface area contributed by atoms with Gasteiger partial charge in [-0.1, -0.05) is 40.2 Å². The van der Waals surface area contributed by atoms with E-state index in [-0.39, 0.29) is 23.9 Å². The second-order valence-corrected chi connectivity index (χ2v) is 10.5. The largest absolute Gasteiger partial charge is 0.358 e. The normalized spacial score (nSPS) is 20.8. The van der Waals surface area contributed by atoms with Crippen LogP contribution in [0.1, 0.15) is 46.7 Å². The number of hydrogen-bond acceptors (Lipinski definition) is 3. The van der Waals surface area contributed by atoms with E-state index in [2.05, 4.69) is 45.4 Å². The maximum absolute atomic E-state index is 13.5. The van der Waals surface area contributed by atoms with Crippen molar-refractivity contribution in [3.05, 3.63) is 75.0 Å². The number of halogens is 1. The van der Waals surface area contributed by atoms with Gasteiger partial charge in [0.2, 0.25) is 0 Å². The summed E-state index contributed by atoms with van der Waals surface area (Å²) in [5.41, 5.74) is 7.44. The molecule has 2 aromatic carbocycles. The fraction of sp³-hybridized carbons (Fsp3) is 0.286. The summed E-state index contributed by atoms with van der Waals surface area (Å²) in [6.45, 7) is 9.43. The number of aromatic nitrogens is 1. The van der Waals surface area contributed by atoms with Gasteiger partial charge in [0.25, 0.3) is 11.8 Å². The minimum Gasteiger partial charge on any atom is -0.358 e. The van der Waals surface area contributed by atoms with Gasteiger partial charge < -0.3 is 20.5 Å². The number of anilines is 1. The first kappa shape index (κ1) is 23.6. The summed E-state index contributed by atoms with van der Waals surface area (Å²) in [5, 5.41) is 6.48. The Labute approximate surface area is 213 Å². The van der Waals surface area contributed by atoms with Crippen molar-refractivity contribution in [1.82, 2.24) is 15.2 Å². The van der Waals surface area contributed by atoms with E-state index in [9.17, 15) is 9.59 Å². The Balaban J connectivity index is 1.55.